The van der Waals surface area contributed by atoms with E-state index in [1.165, 1.54) is 12.2 Å². The standard InChI is InChI=1S/C30H26Cl3F3N2O4/c31-15-1-4-21(30(34,35)36)19(11-15)23-14-26(39)38-27(29(23)22-5-2-17(33)13-24(22)37-28(29)40)20-12-16(32)3-6-25(20)42-18-7-9-41-10-8-18/h1-6,11-13,18-19,21,23,27H,7-10,14H2,(H,37,40)(H,38,39)/t19?,21?,23-,27+,29-/m0/s1. The van der Waals surface area contributed by atoms with Crippen LogP contribution in [0.4, 0.5) is 18.9 Å². The number of anilines is 1. The number of amides is 2. The van der Waals surface area contributed by atoms with Gasteiger partial charge in [-0.05, 0) is 53.8 Å². The summed E-state index contributed by atoms with van der Waals surface area (Å²) in [6, 6.07) is 8.51. The highest BCUT2D eigenvalue weighted by Gasteiger charge is 2.64. The van der Waals surface area contributed by atoms with Gasteiger partial charge in [0.15, 0.2) is 0 Å². The van der Waals surface area contributed by atoms with Crippen molar-refractivity contribution in [2.75, 3.05) is 18.5 Å². The second-order valence-electron chi connectivity index (χ2n) is 11.0. The summed E-state index contributed by atoms with van der Waals surface area (Å²) in [6.07, 6.45) is -0.466. The molecule has 222 valence electrons. The molecule has 2 fully saturated rings. The zero-order valence-electron chi connectivity index (χ0n) is 22.0. The molecule has 12 heteroatoms. The highest BCUT2D eigenvalue weighted by Crippen LogP contribution is 2.60. The number of carbonyl (C=O) groups excluding carboxylic acids is 2. The molecule has 42 heavy (non-hydrogen) atoms. The molecule has 5 atom stereocenters. The molecule has 3 heterocycles. The average Bonchev–Trinajstić information content (AvgIpc) is 3.21. The van der Waals surface area contributed by atoms with Crippen molar-refractivity contribution in [3.63, 3.8) is 0 Å². The van der Waals surface area contributed by atoms with Crippen molar-refractivity contribution in [3.8, 4) is 5.75 Å². The van der Waals surface area contributed by atoms with Gasteiger partial charge in [0.1, 0.15) is 17.3 Å². The fourth-order valence-corrected chi connectivity index (χ4v) is 7.41. The van der Waals surface area contributed by atoms with Crippen LogP contribution in [-0.2, 0) is 19.7 Å². The van der Waals surface area contributed by atoms with Gasteiger partial charge < -0.3 is 20.1 Å². The predicted molar refractivity (Wildman–Crippen MR) is 153 cm³/mol. The molecule has 3 aliphatic heterocycles. The lowest BCUT2D eigenvalue weighted by Crippen LogP contribution is -2.60. The van der Waals surface area contributed by atoms with E-state index >= 15 is 0 Å². The molecule has 0 aromatic heterocycles. The molecule has 6 nitrogen and oxygen atoms in total. The summed E-state index contributed by atoms with van der Waals surface area (Å²) in [5.41, 5.74) is -0.532. The topological polar surface area (TPSA) is 76.7 Å². The van der Waals surface area contributed by atoms with E-state index in [0.717, 1.165) is 6.08 Å². The lowest BCUT2D eigenvalue weighted by Gasteiger charge is -2.50. The van der Waals surface area contributed by atoms with Crippen LogP contribution in [0.2, 0.25) is 10.0 Å². The normalized spacial score (nSPS) is 29.6. The highest BCUT2D eigenvalue weighted by molar-refractivity contribution is 6.32. The zero-order valence-corrected chi connectivity index (χ0v) is 24.3. The number of fused-ring (bicyclic) bond motifs is 2. The van der Waals surface area contributed by atoms with Gasteiger partial charge in [-0.3, -0.25) is 9.59 Å². The van der Waals surface area contributed by atoms with Crippen LogP contribution >= 0.6 is 34.8 Å². The minimum Gasteiger partial charge on any atom is -0.490 e. The molecule has 4 aliphatic rings. The Hall–Kier alpha value is -2.72. The number of nitrogens with one attached hydrogen (secondary N) is 2. The van der Waals surface area contributed by atoms with Crippen molar-refractivity contribution >= 4 is 52.3 Å². The average molecular weight is 642 g/mol. The van der Waals surface area contributed by atoms with Crippen molar-refractivity contribution in [1.29, 1.82) is 0 Å². The summed E-state index contributed by atoms with van der Waals surface area (Å²) < 4.78 is 55.3. The summed E-state index contributed by atoms with van der Waals surface area (Å²) in [4.78, 5) is 27.8. The van der Waals surface area contributed by atoms with E-state index < -0.39 is 47.2 Å². The first-order valence-electron chi connectivity index (χ1n) is 13.6. The van der Waals surface area contributed by atoms with Crippen LogP contribution in [0.25, 0.3) is 0 Å². The van der Waals surface area contributed by atoms with Gasteiger partial charge in [-0.25, -0.2) is 0 Å². The summed E-state index contributed by atoms with van der Waals surface area (Å²) in [5.74, 6) is -5.16. The largest absolute Gasteiger partial charge is 0.490 e. The van der Waals surface area contributed by atoms with Crippen LogP contribution in [0.1, 0.15) is 36.4 Å². The van der Waals surface area contributed by atoms with E-state index in [9.17, 15) is 22.8 Å². The van der Waals surface area contributed by atoms with E-state index in [-0.39, 0.29) is 17.6 Å². The maximum absolute atomic E-state index is 14.5. The Bertz CT molecular complexity index is 1490. The fourth-order valence-electron chi connectivity index (χ4n) is 6.84. The molecule has 2 amide bonds. The molecule has 2 N–H and O–H groups in total. The lowest BCUT2D eigenvalue weighted by molar-refractivity contribution is -0.180. The number of carbonyl (C=O) groups is 2. The number of allylic oxidation sites excluding steroid dienone is 4. The van der Waals surface area contributed by atoms with Gasteiger partial charge in [0.2, 0.25) is 11.8 Å². The first-order valence-corrected chi connectivity index (χ1v) is 14.7. The van der Waals surface area contributed by atoms with Crippen molar-refractivity contribution in [1.82, 2.24) is 5.32 Å². The SMILES string of the molecule is O=C1C[C@@H](C2C=C(Cl)C=CC2C(F)(F)F)[C@]2(C(=O)Nc3cc(Cl)ccc32)[C@@H](c2cc(Cl)ccc2OC2CCOCC2)N1. The van der Waals surface area contributed by atoms with E-state index in [0.29, 0.717) is 58.7 Å². The Morgan fingerprint density at radius 1 is 1.00 bits per heavy atom. The molecule has 2 aromatic carbocycles. The van der Waals surface area contributed by atoms with Gasteiger partial charge in [-0.2, -0.15) is 13.2 Å². The Morgan fingerprint density at radius 2 is 1.71 bits per heavy atom. The molecular weight excluding hydrogens is 616 g/mol. The maximum Gasteiger partial charge on any atom is 0.395 e. The quantitative estimate of drug-likeness (QED) is 0.373. The van der Waals surface area contributed by atoms with Crippen molar-refractivity contribution < 1.29 is 32.2 Å². The molecule has 2 aromatic rings. The third kappa shape index (κ3) is 5.08. The van der Waals surface area contributed by atoms with Crippen LogP contribution in [0.15, 0.2) is 59.7 Å². The van der Waals surface area contributed by atoms with Gasteiger partial charge in [0.25, 0.3) is 0 Å². The Kier molecular flexibility index (Phi) is 7.75. The minimum absolute atomic E-state index is 0.0965. The number of hydrogen-bond donors (Lipinski definition) is 2. The minimum atomic E-state index is -4.66. The predicted octanol–water partition coefficient (Wildman–Crippen LogP) is 7.11. The maximum atomic E-state index is 14.5. The molecule has 1 aliphatic carbocycles. The molecule has 1 spiro atoms. The molecular formula is C30H26Cl3F3N2O4. The fraction of sp³-hybridized carbons (Fsp3) is 0.400. The van der Waals surface area contributed by atoms with Crippen LogP contribution < -0.4 is 15.4 Å². The second kappa shape index (κ2) is 11.1. The Labute approximate surface area is 255 Å². The molecule has 0 saturated carbocycles. The van der Waals surface area contributed by atoms with E-state index in [1.807, 2.05) is 0 Å². The van der Waals surface area contributed by atoms with Gasteiger partial charge >= 0.3 is 6.18 Å². The van der Waals surface area contributed by atoms with Gasteiger partial charge in [0, 0.05) is 45.6 Å². The molecule has 2 unspecified atom stereocenters. The number of piperidine rings is 1. The van der Waals surface area contributed by atoms with Crippen LogP contribution in [-0.4, -0.2) is 37.3 Å². The molecule has 6 rings (SSSR count). The monoisotopic (exact) mass is 640 g/mol. The highest BCUT2D eigenvalue weighted by atomic mass is 35.5. The van der Waals surface area contributed by atoms with E-state index in [1.54, 1.807) is 36.4 Å². The van der Waals surface area contributed by atoms with E-state index in [2.05, 4.69) is 10.6 Å². The summed E-state index contributed by atoms with van der Waals surface area (Å²) in [7, 11) is 0. The molecule has 0 bridgehead atoms. The summed E-state index contributed by atoms with van der Waals surface area (Å²) in [5, 5.41) is 6.53. The third-order valence-corrected chi connectivity index (χ3v) is 9.34. The van der Waals surface area contributed by atoms with Crippen LogP contribution in [0.5, 0.6) is 5.75 Å². The zero-order chi connectivity index (χ0) is 29.8. The van der Waals surface area contributed by atoms with Gasteiger partial charge in [-0.1, -0.05) is 53.0 Å². The molecule has 0 radical (unpaired) electrons. The summed E-state index contributed by atoms with van der Waals surface area (Å²) in [6.45, 7) is 1.02. The first-order chi connectivity index (χ1) is 20.0. The number of hydrogen-bond acceptors (Lipinski definition) is 4. The van der Waals surface area contributed by atoms with Crippen molar-refractivity contribution in [3.05, 3.63) is 80.8 Å². The summed E-state index contributed by atoms with van der Waals surface area (Å²) >= 11 is 19.0. The number of ether oxygens (including phenoxy) is 2. The number of benzene rings is 2. The van der Waals surface area contributed by atoms with Crippen molar-refractivity contribution in [2.45, 2.75) is 43.0 Å². The van der Waals surface area contributed by atoms with Gasteiger partial charge in [-0.15, -0.1) is 0 Å². The van der Waals surface area contributed by atoms with Crippen molar-refractivity contribution in [2.24, 2.45) is 17.8 Å². The smallest absolute Gasteiger partial charge is 0.395 e. The number of rotatable bonds is 4. The van der Waals surface area contributed by atoms with Crippen LogP contribution in [0.3, 0.4) is 0 Å². The number of halogens is 6. The van der Waals surface area contributed by atoms with E-state index in [4.69, 9.17) is 44.3 Å². The third-order valence-electron chi connectivity index (χ3n) is 8.62. The molecule has 2 saturated heterocycles. The lowest BCUT2D eigenvalue weighted by atomic mass is 9.55. The van der Waals surface area contributed by atoms with Gasteiger partial charge in [0.05, 0.1) is 25.2 Å². The second-order valence-corrected chi connectivity index (χ2v) is 12.3. The Morgan fingerprint density at radius 3 is 2.45 bits per heavy atom. The first kappa shape index (κ1) is 29.4. The number of alkyl halides is 3. The Balaban J connectivity index is 1.58. The van der Waals surface area contributed by atoms with Crippen LogP contribution in [0, 0.1) is 17.8 Å².